The fourth-order valence-electron chi connectivity index (χ4n) is 2.32. The van der Waals surface area contributed by atoms with Crippen molar-refractivity contribution in [1.29, 1.82) is 0 Å². The van der Waals surface area contributed by atoms with Gasteiger partial charge in [0.15, 0.2) is 0 Å². The lowest BCUT2D eigenvalue weighted by atomic mass is 10.1. The summed E-state index contributed by atoms with van der Waals surface area (Å²) >= 11 is 0. The van der Waals surface area contributed by atoms with Crippen molar-refractivity contribution in [2.24, 2.45) is 0 Å². The van der Waals surface area contributed by atoms with Gasteiger partial charge in [-0.2, -0.15) is 0 Å². The molecule has 132 valence electrons. The van der Waals surface area contributed by atoms with Crippen LogP contribution < -0.4 is 0 Å². The van der Waals surface area contributed by atoms with Crippen LogP contribution in [-0.4, -0.2) is 24.4 Å². The molecule has 0 bridgehead atoms. The minimum atomic E-state index is -3.37. The number of rotatable bonds is 14. The second-order valence-electron chi connectivity index (χ2n) is 5.47. The van der Waals surface area contributed by atoms with Crippen LogP contribution in [0.2, 0.25) is 0 Å². The molecule has 0 saturated heterocycles. The molecule has 0 fully saturated rings. The summed E-state index contributed by atoms with van der Waals surface area (Å²) in [5.74, 6) is 0. The Balaban J connectivity index is 4.98. The molecule has 1 atom stereocenters. The largest absolute Gasteiger partial charge is 0.388 e. The maximum Gasteiger partial charge on any atom is 0.359 e. The Labute approximate surface area is 136 Å². The Bertz CT molecular complexity index is 332. The minimum absolute atomic E-state index is 0.310. The zero-order chi connectivity index (χ0) is 16.8. The molecule has 4 nitrogen and oxygen atoms in total. The van der Waals surface area contributed by atoms with Crippen LogP contribution in [0.15, 0.2) is 11.4 Å². The molecule has 0 aromatic heterocycles. The van der Waals surface area contributed by atoms with E-state index in [1.807, 2.05) is 6.08 Å². The standard InChI is InChI=1S/C17H35O4P/c1-5-9-11-13-14-16(18)17(15-12-10-6-2)22(19,20-7-3)21-8-4/h15-16,18H,5-14H2,1-4H3/b17-15-. The lowest BCUT2D eigenvalue weighted by Gasteiger charge is -2.24. The zero-order valence-electron chi connectivity index (χ0n) is 14.8. The summed E-state index contributed by atoms with van der Waals surface area (Å²) in [4.78, 5) is 0. The first kappa shape index (κ1) is 21.9. The van der Waals surface area contributed by atoms with Crippen LogP contribution >= 0.6 is 7.60 Å². The fourth-order valence-corrected chi connectivity index (χ4v) is 4.22. The Morgan fingerprint density at radius 1 is 1.00 bits per heavy atom. The molecular formula is C17H35O4P. The predicted octanol–water partition coefficient (Wildman–Crippen LogP) is 5.66. The molecule has 0 aliphatic rings. The number of aliphatic hydroxyl groups is 1. The van der Waals surface area contributed by atoms with Crippen molar-refractivity contribution in [3.8, 4) is 0 Å². The molecule has 1 N–H and O–H groups in total. The van der Waals surface area contributed by atoms with E-state index in [0.29, 0.717) is 24.9 Å². The van der Waals surface area contributed by atoms with Crippen LogP contribution in [0.4, 0.5) is 0 Å². The van der Waals surface area contributed by atoms with Crippen LogP contribution in [0.25, 0.3) is 0 Å². The lowest BCUT2D eigenvalue weighted by molar-refractivity contribution is 0.181. The molecule has 0 aromatic carbocycles. The van der Waals surface area contributed by atoms with Gasteiger partial charge in [-0.15, -0.1) is 0 Å². The summed E-state index contributed by atoms with van der Waals surface area (Å²) in [7, 11) is -3.37. The normalized spacial score (nSPS) is 14.3. The number of hydrogen-bond acceptors (Lipinski definition) is 4. The van der Waals surface area contributed by atoms with Crippen molar-refractivity contribution in [1.82, 2.24) is 0 Å². The van der Waals surface area contributed by atoms with Crippen molar-refractivity contribution in [3.05, 3.63) is 11.4 Å². The summed E-state index contributed by atoms with van der Waals surface area (Å²) < 4.78 is 23.8. The van der Waals surface area contributed by atoms with Gasteiger partial charge in [-0.1, -0.05) is 58.4 Å². The second-order valence-corrected chi connectivity index (χ2v) is 7.50. The Hall–Kier alpha value is -0.150. The van der Waals surface area contributed by atoms with Gasteiger partial charge in [-0.3, -0.25) is 4.57 Å². The summed E-state index contributed by atoms with van der Waals surface area (Å²) in [6, 6.07) is 0. The molecule has 22 heavy (non-hydrogen) atoms. The third-order valence-corrected chi connectivity index (χ3v) is 5.81. The Morgan fingerprint density at radius 3 is 2.09 bits per heavy atom. The van der Waals surface area contributed by atoms with Gasteiger partial charge in [0.2, 0.25) is 0 Å². The van der Waals surface area contributed by atoms with Crippen LogP contribution in [0, 0.1) is 0 Å². The van der Waals surface area contributed by atoms with E-state index < -0.39 is 13.7 Å². The maximum absolute atomic E-state index is 13.0. The Kier molecular flexibility index (Phi) is 13.2. The monoisotopic (exact) mass is 334 g/mol. The first-order valence-corrected chi connectivity index (χ1v) is 10.4. The number of aliphatic hydroxyl groups excluding tert-OH is 1. The van der Waals surface area contributed by atoms with Crippen LogP contribution in [0.1, 0.15) is 79.1 Å². The van der Waals surface area contributed by atoms with E-state index in [0.717, 1.165) is 44.9 Å². The zero-order valence-corrected chi connectivity index (χ0v) is 15.7. The van der Waals surface area contributed by atoms with Crippen LogP contribution in [-0.2, 0) is 13.6 Å². The maximum atomic E-state index is 13.0. The predicted molar refractivity (Wildman–Crippen MR) is 93.2 cm³/mol. The summed E-state index contributed by atoms with van der Waals surface area (Å²) in [6.45, 7) is 8.48. The average Bonchev–Trinajstić information content (AvgIpc) is 2.48. The summed E-state index contributed by atoms with van der Waals surface area (Å²) in [5, 5.41) is 11.0. The first-order chi connectivity index (χ1) is 10.6. The molecule has 0 rings (SSSR count). The SMILES string of the molecule is CCCC/C=C(/C(O)CCCCCC)P(=O)(OCC)OCC. The molecule has 0 heterocycles. The van der Waals surface area contributed by atoms with Gasteiger partial charge in [0, 0.05) is 0 Å². The molecule has 0 amide bonds. The minimum Gasteiger partial charge on any atom is -0.388 e. The highest BCUT2D eigenvalue weighted by Gasteiger charge is 2.33. The number of hydrogen-bond donors (Lipinski definition) is 1. The van der Waals surface area contributed by atoms with Crippen molar-refractivity contribution >= 4 is 7.60 Å². The molecule has 0 aliphatic carbocycles. The number of allylic oxidation sites excluding steroid dienone is 1. The molecule has 1 unspecified atom stereocenters. The molecule has 0 aromatic rings. The summed E-state index contributed by atoms with van der Waals surface area (Å²) in [5.41, 5.74) is 0. The highest BCUT2D eigenvalue weighted by molar-refractivity contribution is 7.58. The van der Waals surface area contributed by atoms with E-state index in [-0.39, 0.29) is 0 Å². The average molecular weight is 334 g/mol. The van der Waals surface area contributed by atoms with E-state index >= 15 is 0 Å². The van der Waals surface area contributed by atoms with E-state index in [1.54, 1.807) is 13.8 Å². The topological polar surface area (TPSA) is 55.8 Å². The van der Waals surface area contributed by atoms with Crippen molar-refractivity contribution < 1.29 is 18.7 Å². The highest BCUT2D eigenvalue weighted by Crippen LogP contribution is 2.57. The summed E-state index contributed by atoms with van der Waals surface area (Å²) in [6.07, 6.45) is 8.94. The van der Waals surface area contributed by atoms with Gasteiger partial charge in [-0.25, -0.2) is 0 Å². The van der Waals surface area contributed by atoms with E-state index in [1.165, 1.54) is 0 Å². The quantitative estimate of drug-likeness (QED) is 0.329. The van der Waals surface area contributed by atoms with Gasteiger partial charge in [0.05, 0.1) is 24.6 Å². The van der Waals surface area contributed by atoms with Gasteiger partial charge in [0.25, 0.3) is 0 Å². The molecule has 0 saturated carbocycles. The third-order valence-electron chi connectivity index (χ3n) is 3.50. The Morgan fingerprint density at radius 2 is 1.59 bits per heavy atom. The van der Waals surface area contributed by atoms with Crippen LogP contribution in [0.5, 0.6) is 0 Å². The second kappa shape index (κ2) is 13.3. The highest BCUT2D eigenvalue weighted by atomic mass is 31.2. The fraction of sp³-hybridized carbons (Fsp3) is 0.882. The smallest absolute Gasteiger partial charge is 0.359 e. The molecule has 0 radical (unpaired) electrons. The van der Waals surface area contributed by atoms with E-state index in [4.69, 9.17) is 9.05 Å². The molecule has 0 aliphatic heterocycles. The third kappa shape index (κ3) is 8.47. The first-order valence-electron chi connectivity index (χ1n) is 8.83. The molecule has 5 heteroatoms. The van der Waals surface area contributed by atoms with Crippen molar-refractivity contribution in [3.63, 3.8) is 0 Å². The van der Waals surface area contributed by atoms with E-state index in [9.17, 15) is 9.67 Å². The van der Waals surface area contributed by atoms with Gasteiger partial charge < -0.3 is 14.2 Å². The van der Waals surface area contributed by atoms with E-state index in [2.05, 4.69) is 13.8 Å². The number of unbranched alkanes of at least 4 members (excludes halogenated alkanes) is 5. The van der Waals surface area contributed by atoms with Crippen molar-refractivity contribution in [2.75, 3.05) is 13.2 Å². The van der Waals surface area contributed by atoms with Gasteiger partial charge in [0.1, 0.15) is 0 Å². The molecule has 0 spiro atoms. The lowest BCUT2D eigenvalue weighted by Crippen LogP contribution is -2.14. The van der Waals surface area contributed by atoms with Gasteiger partial charge in [-0.05, 0) is 26.7 Å². The van der Waals surface area contributed by atoms with Gasteiger partial charge >= 0.3 is 7.60 Å². The molecular weight excluding hydrogens is 299 g/mol. The van der Waals surface area contributed by atoms with Crippen molar-refractivity contribution in [2.45, 2.75) is 85.2 Å². The van der Waals surface area contributed by atoms with Crippen LogP contribution in [0.3, 0.4) is 0 Å².